The lowest BCUT2D eigenvalue weighted by Gasteiger charge is -2.17. The van der Waals surface area contributed by atoms with Crippen LogP contribution in [0.1, 0.15) is 23.1 Å². The van der Waals surface area contributed by atoms with Gasteiger partial charge in [0.1, 0.15) is 11.4 Å². The third kappa shape index (κ3) is 2.75. The first kappa shape index (κ1) is 15.0. The first-order valence-electron chi connectivity index (χ1n) is 7.49. The van der Waals surface area contributed by atoms with Gasteiger partial charge in [0.2, 0.25) is 0 Å². The normalized spacial score (nSPS) is 10.9. The summed E-state index contributed by atoms with van der Waals surface area (Å²) in [5, 5.41) is 0. The molecule has 6 nitrogen and oxygen atoms in total. The van der Waals surface area contributed by atoms with Crippen LogP contribution in [-0.4, -0.2) is 32.4 Å². The second kappa shape index (κ2) is 6.08. The molecule has 0 bridgehead atoms. The molecule has 6 heteroatoms. The molecule has 0 aliphatic heterocycles. The summed E-state index contributed by atoms with van der Waals surface area (Å²) >= 11 is 0. The molecular formula is C17H18N4O2. The molecule has 0 saturated carbocycles. The van der Waals surface area contributed by atoms with Crippen LogP contribution in [0, 0.1) is 0 Å². The van der Waals surface area contributed by atoms with Crippen LogP contribution in [0.25, 0.3) is 11.0 Å². The zero-order chi connectivity index (χ0) is 16.4. The van der Waals surface area contributed by atoms with Crippen LogP contribution in [-0.2, 0) is 13.1 Å². The zero-order valence-electron chi connectivity index (χ0n) is 13.1. The predicted molar refractivity (Wildman–Crippen MR) is 88.3 cm³/mol. The molecule has 2 aromatic heterocycles. The molecule has 0 spiro atoms. The number of aromatic amines is 1. The standard InChI is InChI=1S/C17H18N4O2/c1-3-21-14-9-5-4-8-13(14)19-15(21)11-20(2)17(23)12-7-6-10-18-16(12)22/h4-10H,3,11H2,1-2H3,(H,18,22). The Morgan fingerprint density at radius 3 is 2.78 bits per heavy atom. The highest BCUT2D eigenvalue weighted by molar-refractivity contribution is 5.93. The Bertz CT molecular complexity index is 910. The van der Waals surface area contributed by atoms with Crippen LogP contribution in [0.4, 0.5) is 0 Å². The van der Waals surface area contributed by atoms with Crippen LogP contribution >= 0.6 is 0 Å². The van der Waals surface area contributed by atoms with E-state index in [1.165, 1.54) is 17.2 Å². The number of carbonyl (C=O) groups is 1. The molecule has 0 atom stereocenters. The fraction of sp³-hybridized carbons (Fsp3) is 0.235. The number of hydrogen-bond donors (Lipinski definition) is 1. The Morgan fingerprint density at radius 2 is 2.04 bits per heavy atom. The quantitative estimate of drug-likeness (QED) is 0.801. The van der Waals surface area contributed by atoms with E-state index in [0.29, 0.717) is 6.54 Å². The number of H-pyrrole nitrogens is 1. The van der Waals surface area contributed by atoms with Crippen LogP contribution in [0.5, 0.6) is 0 Å². The first-order chi connectivity index (χ1) is 11.1. The van der Waals surface area contributed by atoms with Gasteiger partial charge in [-0.25, -0.2) is 4.98 Å². The smallest absolute Gasteiger partial charge is 0.260 e. The fourth-order valence-corrected chi connectivity index (χ4v) is 2.68. The van der Waals surface area contributed by atoms with E-state index in [1.807, 2.05) is 31.2 Å². The Hall–Kier alpha value is -2.89. The average Bonchev–Trinajstić information content (AvgIpc) is 2.91. The molecule has 0 radical (unpaired) electrons. The van der Waals surface area contributed by atoms with Gasteiger partial charge in [0.05, 0.1) is 17.6 Å². The van der Waals surface area contributed by atoms with Crippen molar-refractivity contribution in [3.8, 4) is 0 Å². The minimum Gasteiger partial charge on any atom is -0.334 e. The average molecular weight is 310 g/mol. The SMILES string of the molecule is CCn1c(CN(C)C(=O)c2ccc[nH]c2=O)nc2ccccc21. The number of benzene rings is 1. The summed E-state index contributed by atoms with van der Waals surface area (Å²) < 4.78 is 2.08. The molecule has 0 unspecified atom stereocenters. The second-order valence-electron chi connectivity index (χ2n) is 5.34. The van der Waals surface area contributed by atoms with E-state index >= 15 is 0 Å². The van der Waals surface area contributed by atoms with Crippen LogP contribution in [0.15, 0.2) is 47.4 Å². The number of para-hydroxylation sites is 2. The summed E-state index contributed by atoms with van der Waals surface area (Å²) in [5.41, 5.74) is 1.70. The van der Waals surface area contributed by atoms with E-state index in [1.54, 1.807) is 13.1 Å². The van der Waals surface area contributed by atoms with Crippen molar-refractivity contribution in [2.24, 2.45) is 0 Å². The first-order valence-corrected chi connectivity index (χ1v) is 7.49. The number of aryl methyl sites for hydroxylation is 1. The number of pyridine rings is 1. The van der Waals surface area contributed by atoms with E-state index in [0.717, 1.165) is 23.4 Å². The van der Waals surface area contributed by atoms with Crippen molar-refractivity contribution < 1.29 is 4.79 Å². The summed E-state index contributed by atoms with van der Waals surface area (Å²) in [5.74, 6) is 0.485. The fourth-order valence-electron chi connectivity index (χ4n) is 2.68. The minimum atomic E-state index is -0.381. The number of aromatic nitrogens is 3. The molecule has 0 saturated heterocycles. The van der Waals surface area contributed by atoms with Gasteiger partial charge in [-0.15, -0.1) is 0 Å². The van der Waals surface area contributed by atoms with E-state index in [9.17, 15) is 9.59 Å². The number of nitrogens with zero attached hydrogens (tertiary/aromatic N) is 3. The van der Waals surface area contributed by atoms with Crippen molar-refractivity contribution in [1.29, 1.82) is 0 Å². The van der Waals surface area contributed by atoms with E-state index < -0.39 is 0 Å². The number of rotatable bonds is 4. The maximum atomic E-state index is 12.5. The van der Waals surface area contributed by atoms with Crippen LogP contribution in [0.2, 0.25) is 0 Å². The molecule has 23 heavy (non-hydrogen) atoms. The molecule has 1 aromatic carbocycles. The molecule has 0 fully saturated rings. The van der Waals surface area contributed by atoms with Crippen molar-refractivity contribution in [2.75, 3.05) is 7.05 Å². The lowest BCUT2D eigenvalue weighted by molar-refractivity contribution is 0.0778. The highest BCUT2D eigenvalue weighted by Crippen LogP contribution is 2.17. The highest BCUT2D eigenvalue weighted by Gasteiger charge is 2.18. The van der Waals surface area contributed by atoms with E-state index in [-0.39, 0.29) is 17.0 Å². The van der Waals surface area contributed by atoms with Crippen LogP contribution in [0.3, 0.4) is 0 Å². The summed E-state index contributed by atoms with van der Waals surface area (Å²) in [6.45, 7) is 3.15. The second-order valence-corrected chi connectivity index (χ2v) is 5.34. The Morgan fingerprint density at radius 1 is 1.26 bits per heavy atom. The van der Waals surface area contributed by atoms with E-state index in [2.05, 4.69) is 14.5 Å². The minimum absolute atomic E-state index is 0.133. The van der Waals surface area contributed by atoms with Crippen molar-refractivity contribution >= 4 is 16.9 Å². The summed E-state index contributed by atoms with van der Waals surface area (Å²) in [4.78, 5) is 32.8. The zero-order valence-corrected chi connectivity index (χ0v) is 13.1. The van der Waals surface area contributed by atoms with Gasteiger partial charge in [0.25, 0.3) is 11.5 Å². The van der Waals surface area contributed by atoms with Gasteiger partial charge in [0.15, 0.2) is 0 Å². The molecular weight excluding hydrogens is 292 g/mol. The van der Waals surface area contributed by atoms with Gasteiger partial charge in [-0.1, -0.05) is 12.1 Å². The molecule has 0 aliphatic carbocycles. The van der Waals surface area contributed by atoms with Crippen LogP contribution < -0.4 is 5.56 Å². The van der Waals surface area contributed by atoms with Crippen molar-refractivity contribution in [2.45, 2.75) is 20.0 Å². The van der Waals surface area contributed by atoms with Gasteiger partial charge in [-0.3, -0.25) is 9.59 Å². The Kier molecular flexibility index (Phi) is 3.97. The third-order valence-corrected chi connectivity index (χ3v) is 3.82. The summed E-state index contributed by atoms with van der Waals surface area (Å²) in [7, 11) is 1.67. The summed E-state index contributed by atoms with van der Waals surface area (Å²) in [6, 6.07) is 11.0. The monoisotopic (exact) mass is 310 g/mol. The molecule has 0 aliphatic rings. The maximum absolute atomic E-state index is 12.5. The lowest BCUT2D eigenvalue weighted by Crippen LogP contribution is -2.32. The molecule has 118 valence electrons. The van der Waals surface area contributed by atoms with Crippen molar-refractivity contribution in [3.63, 3.8) is 0 Å². The lowest BCUT2D eigenvalue weighted by atomic mass is 10.2. The van der Waals surface area contributed by atoms with Gasteiger partial charge < -0.3 is 14.5 Å². The predicted octanol–water partition coefficient (Wildman–Crippen LogP) is 2.02. The molecule has 1 N–H and O–H groups in total. The third-order valence-electron chi connectivity index (χ3n) is 3.82. The van der Waals surface area contributed by atoms with Gasteiger partial charge in [0, 0.05) is 19.8 Å². The maximum Gasteiger partial charge on any atom is 0.260 e. The largest absolute Gasteiger partial charge is 0.334 e. The number of fused-ring (bicyclic) bond motifs is 1. The topological polar surface area (TPSA) is 71.0 Å². The number of nitrogens with one attached hydrogen (secondary N) is 1. The Labute approximate surface area is 133 Å². The number of carbonyl (C=O) groups excluding carboxylic acids is 1. The van der Waals surface area contributed by atoms with Gasteiger partial charge in [-0.2, -0.15) is 0 Å². The van der Waals surface area contributed by atoms with Gasteiger partial charge >= 0.3 is 0 Å². The van der Waals surface area contributed by atoms with Gasteiger partial charge in [-0.05, 0) is 31.2 Å². The Balaban J connectivity index is 1.91. The van der Waals surface area contributed by atoms with Crippen molar-refractivity contribution in [1.82, 2.24) is 19.4 Å². The van der Waals surface area contributed by atoms with Crippen molar-refractivity contribution in [3.05, 3.63) is 64.3 Å². The number of imidazole rings is 1. The molecule has 1 amide bonds. The molecule has 2 heterocycles. The highest BCUT2D eigenvalue weighted by atomic mass is 16.2. The number of hydrogen-bond acceptors (Lipinski definition) is 3. The molecule has 3 rings (SSSR count). The molecule has 3 aromatic rings. The summed E-state index contributed by atoms with van der Waals surface area (Å²) in [6.07, 6.45) is 1.51. The van der Waals surface area contributed by atoms with E-state index in [4.69, 9.17) is 0 Å². The number of amides is 1.